The molecule has 1 aliphatic rings. The third kappa shape index (κ3) is 6.15. The minimum absolute atomic E-state index is 0. The molecule has 0 aromatic heterocycles. The van der Waals surface area contributed by atoms with Crippen molar-refractivity contribution in [3.05, 3.63) is 30.3 Å². The fourth-order valence-corrected chi connectivity index (χ4v) is 3.24. The van der Waals surface area contributed by atoms with Crippen LogP contribution in [0.15, 0.2) is 30.3 Å². The molecule has 1 aromatic rings. The second-order valence-electron chi connectivity index (χ2n) is 6.52. The van der Waals surface area contributed by atoms with E-state index in [-0.39, 0.29) is 18.3 Å². The number of carbonyl (C=O) groups is 1. The minimum atomic E-state index is 0. The van der Waals surface area contributed by atoms with Crippen LogP contribution in [0.5, 0.6) is 0 Å². The molecule has 2 rings (SSSR count). The molecule has 130 valence electrons. The zero-order valence-electron chi connectivity index (χ0n) is 14.5. The molecular weight excluding hydrogens is 308 g/mol. The van der Waals surface area contributed by atoms with E-state index in [0.29, 0.717) is 18.3 Å². The summed E-state index contributed by atoms with van der Waals surface area (Å²) >= 11 is 0. The lowest BCUT2D eigenvalue weighted by Crippen LogP contribution is -2.37. The maximum absolute atomic E-state index is 12.8. The molecule has 0 saturated carbocycles. The Bertz CT molecular complexity index is 446. The Labute approximate surface area is 147 Å². The maximum atomic E-state index is 12.8. The Hall–Kier alpha value is -1.06. The van der Waals surface area contributed by atoms with Crippen LogP contribution < -0.4 is 10.2 Å². The predicted octanol–water partition coefficient (Wildman–Crippen LogP) is 4.27. The highest BCUT2D eigenvalue weighted by molar-refractivity contribution is 5.93. The lowest BCUT2D eigenvalue weighted by Gasteiger charge is -2.30. The second-order valence-corrected chi connectivity index (χ2v) is 6.52. The molecule has 1 heterocycles. The average molecular weight is 339 g/mol. The summed E-state index contributed by atoms with van der Waals surface area (Å²) in [5, 5.41) is 3.46. The first kappa shape index (κ1) is 20.0. The Morgan fingerprint density at radius 1 is 1.35 bits per heavy atom. The van der Waals surface area contributed by atoms with Crippen LogP contribution in [-0.4, -0.2) is 25.5 Å². The number of amides is 1. The van der Waals surface area contributed by atoms with Gasteiger partial charge in [-0.25, -0.2) is 0 Å². The van der Waals surface area contributed by atoms with Crippen molar-refractivity contribution in [3.8, 4) is 0 Å². The fraction of sp³-hybridized carbons (Fsp3) is 0.632. The molecule has 1 N–H and O–H groups in total. The Morgan fingerprint density at radius 3 is 2.70 bits per heavy atom. The number of hydrogen-bond acceptors (Lipinski definition) is 2. The van der Waals surface area contributed by atoms with Gasteiger partial charge in [-0.2, -0.15) is 0 Å². The molecule has 0 aliphatic carbocycles. The molecule has 3 nitrogen and oxygen atoms in total. The van der Waals surface area contributed by atoms with E-state index in [1.54, 1.807) is 0 Å². The SMILES string of the molecule is CCCCN(C(=O)CC(C)C1CCCNC1)c1ccccc1.Cl. The van der Waals surface area contributed by atoms with Gasteiger partial charge in [0.2, 0.25) is 5.91 Å². The van der Waals surface area contributed by atoms with Crippen LogP contribution >= 0.6 is 12.4 Å². The topological polar surface area (TPSA) is 32.3 Å². The van der Waals surface area contributed by atoms with Crippen LogP contribution in [0.2, 0.25) is 0 Å². The first-order valence-corrected chi connectivity index (χ1v) is 8.78. The highest BCUT2D eigenvalue weighted by Gasteiger charge is 2.24. The molecule has 4 heteroatoms. The monoisotopic (exact) mass is 338 g/mol. The predicted molar refractivity (Wildman–Crippen MR) is 100 cm³/mol. The highest BCUT2D eigenvalue weighted by atomic mass is 35.5. The van der Waals surface area contributed by atoms with Gasteiger partial charge in [-0.3, -0.25) is 4.79 Å². The number of anilines is 1. The number of rotatable bonds is 7. The summed E-state index contributed by atoms with van der Waals surface area (Å²) in [4.78, 5) is 14.8. The summed E-state index contributed by atoms with van der Waals surface area (Å²) in [6.07, 6.45) is 5.31. The van der Waals surface area contributed by atoms with Crippen molar-refractivity contribution in [3.63, 3.8) is 0 Å². The fourth-order valence-electron chi connectivity index (χ4n) is 3.24. The molecule has 2 atom stereocenters. The third-order valence-electron chi connectivity index (χ3n) is 4.74. The molecule has 0 bridgehead atoms. The van der Waals surface area contributed by atoms with E-state index in [9.17, 15) is 4.79 Å². The summed E-state index contributed by atoms with van der Waals surface area (Å²) in [6.45, 7) is 7.43. The average Bonchev–Trinajstić information content (AvgIpc) is 2.57. The Balaban J connectivity index is 0.00000264. The van der Waals surface area contributed by atoms with Crippen molar-refractivity contribution in [1.82, 2.24) is 5.32 Å². The number of para-hydroxylation sites is 1. The van der Waals surface area contributed by atoms with E-state index in [4.69, 9.17) is 0 Å². The highest BCUT2D eigenvalue weighted by Crippen LogP contribution is 2.25. The van der Waals surface area contributed by atoms with Crippen molar-refractivity contribution >= 4 is 24.0 Å². The molecular formula is C19H31ClN2O. The van der Waals surface area contributed by atoms with Crippen molar-refractivity contribution in [2.45, 2.75) is 46.0 Å². The zero-order valence-corrected chi connectivity index (χ0v) is 15.3. The summed E-state index contributed by atoms with van der Waals surface area (Å²) in [6, 6.07) is 10.1. The van der Waals surface area contributed by atoms with Gasteiger partial charge >= 0.3 is 0 Å². The van der Waals surface area contributed by atoms with Gasteiger partial charge in [0.15, 0.2) is 0 Å². The third-order valence-corrected chi connectivity index (χ3v) is 4.74. The number of piperidine rings is 1. The molecule has 1 saturated heterocycles. The van der Waals surface area contributed by atoms with E-state index < -0.39 is 0 Å². The Morgan fingerprint density at radius 2 is 2.09 bits per heavy atom. The standard InChI is InChI=1S/C19H30N2O.ClH/c1-3-4-13-21(18-10-6-5-7-11-18)19(22)14-16(2)17-9-8-12-20-15-17;/h5-7,10-11,16-17,20H,3-4,8-9,12-15H2,1-2H3;1H. The van der Waals surface area contributed by atoms with Gasteiger partial charge in [0, 0.05) is 18.7 Å². The first-order valence-electron chi connectivity index (χ1n) is 8.78. The van der Waals surface area contributed by atoms with Gasteiger partial charge in [0.25, 0.3) is 0 Å². The molecule has 1 aliphatic heterocycles. The van der Waals surface area contributed by atoms with Gasteiger partial charge < -0.3 is 10.2 Å². The van der Waals surface area contributed by atoms with Crippen LogP contribution in [0.4, 0.5) is 5.69 Å². The summed E-state index contributed by atoms with van der Waals surface area (Å²) in [5.41, 5.74) is 1.04. The lowest BCUT2D eigenvalue weighted by atomic mass is 9.85. The van der Waals surface area contributed by atoms with Crippen molar-refractivity contribution in [2.24, 2.45) is 11.8 Å². The van der Waals surface area contributed by atoms with E-state index in [1.807, 2.05) is 35.2 Å². The largest absolute Gasteiger partial charge is 0.316 e. The van der Waals surface area contributed by atoms with Gasteiger partial charge in [0.1, 0.15) is 0 Å². The number of hydrogen-bond donors (Lipinski definition) is 1. The van der Waals surface area contributed by atoms with E-state index in [1.165, 1.54) is 12.8 Å². The first-order chi connectivity index (χ1) is 10.7. The van der Waals surface area contributed by atoms with E-state index in [0.717, 1.165) is 38.2 Å². The molecule has 0 spiro atoms. The quantitative estimate of drug-likeness (QED) is 0.805. The summed E-state index contributed by atoms with van der Waals surface area (Å²) in [7, 11) is 0. The van der Waals surface area contributed by atoms with E-state index in [2.05, 4.69) is 19.2 Å². The van der Waals surface area contributed by atoms with Crippen molar-refractivity contribution in [1.29, 1.82) is 0 Å². The molecule has 2 unspecified atom stereocenters. The smallest absolute Gasteiger partial charge is 0.227 e. The molecule has 1 fully saturated rings. The summed E-state index contributed by atoms with van der Waals surface area (Å²) in [5.74, 6) is 1.37. The van der Waals surface area contributed by atoms with Crippen molar-refractivity contribution in [2.75, 3.05) is 24.5 Å². The number of nitrogens with one attached hydrogen (secondary N) is 1. The number of unbranched alkanes of at least 4 members (excludes halogenated alkanes) is 1. The Kier molecular flexibility index (Phi) is 9.27. The minimum Gasteiger partial charge on any atom is -0.316 e. The van der Waals surface area contributed by atoms with Crippen molar-refractivity contribution < 1.29 is 4.79 Å². The van der Waals surface area contributed by atoms with Crippen LogP contribution in [0, 0.1) is 11.8 Å². The number of nitrogens with zero attached hydrogens (tertiary/aromatic N) is 1. The van der Waals surface area contributed by atoms with Crippen LogP contribution in [-0.2, 0) is 4.79 Å². The summed E-state index contributed by atoms with van der Waals surface area (Å²) < 4.78 is 0. The zero-order chi connectivity index (χ0) is 15.8. The van der Waals surface area contributed by atoms with Gasteiger partial charge in [-0.15, -0.1) is 12.4 Å². The lowest BCUT2D eigenvalue weighted by molar-refractivity contribution is -0.119. The number of benzene rings is 1. The van der Waals surface area contributed by atoms with Crippen LogP contribution in [0.1, 0.15) is 46.0 Å². The second kappa shape index (κ2) is 10.7. The molecule has 1 amide bonds. The number of carbonyl (C=O) groups excluding carboxylic acids is 1. The molecule has 0 radical (unpaired) electrons. The normalized spacial score (nSPS) is 18.8. The molecule has 1 aromatic carbocycles. The van der Waals surface area contributed by atoms with Gasteiger partial charge in [-0.05, 0) is 56.3 Å². The van der Waals surface area contributed by atoms with Crippen LogP contribution in [0.3, 0.4) is 0 Å². The van der Waals surface area contributed by atoms with Gasteiger partial charge in [-0.1, -0.05) is 38.5 Å². The van der Waals surface area contributed by atoms with E-state index >= 15 is 0 Å². The molecule has 23 heavy (non-hydrogen) atoms. The van der Waals surface area contributed by atoms with Gasteiger partial charge in [0.05, 0.1) is 0 Å². The van der Waals surface area contributed by atoms with Crippen LogP contribution in [0.25, 0.3) is 0 Å². The number of halogens is 1. The maximum Gasteiger partial charge on any atom is 0.227 e.